The minimum Gasteiger partial charge on any atom is -0.311 e. The van der Waals surface area contributed by atoms with E-state index in [9.17, 15) is 0 Å². The van der Waals surface area contributed by atoms with Gasteiger partial charge >= 0.3 is 0 Å². The molecule has 0 N–H and O–H groups in total. The minimum absolute atomic E-state index is 0.150. The summed E-state index contributed by atoms with van der Waals surface area (Å²) < 4.78 is 0. The van der Waals surface area contributed by atoms with E-state index in [-0.39, 0.29) is 10.8 Å². The molecule has 314 valence electrons. The molecule has 6 aromatic carbocycles. The SMILES string of the molecule is CCCCCC(C)(C)c1ccc(N(c2ccc(-c3ccc(N(c4ccc(C(C)CC)cc4)c4ccc(C(C)(C)CCC)cc4)cc3)cc2)c2ccc(C(C)CC)cc2)cc1. The fraction of sp³-hybridized carbons (Fsp3) is 0.379. The van der Waals surface area contributed by atoms with Gasteiger partial charge in [0.05, 0.1) is 0 Å². The highest BCUT2D eigenvalue weighted by Crippen LogP contribution is 2.41. The molecular weight excluding hydrogens is 725 g/mol. The first kappa shape index (κ1) is 44.5. The average Bonchev–Trinajstić information content (AvgIpc) is 3.27. The van der Waals surface area contributed by atoms with Gasteiger partial charge in [0, 0.05) is 34.1 Å². The molecule has 60 heavy (non-hydrogen) atoms. The molecule has 6 rings (SSSR count). The summed E-state index contributed by atoms with van der Waals surface area (Å²) >= 11 is 0. The summed E-state index contributed by atoms with van der Waals surface area (Å²) in [5.74, 6) is 1.08. The molecule has 0 saturated heterocycles. The number of hydrogen-bond donors (Lipinski definition) is 0. The van der Waals surface area contributed by atoms with Crippen LogP contribution in [0.15, 0.2) is 146 Å². The van der Waals surface area contributed by atoms with Gasteiger partial charge in [-0.25, -0.2) is 0 Å². The Bertz CT molecular complexity index is 2190. The summed E-state index contributed by atoms with van der Waals surface area (Å²) in [4.78, 5) is 4.80. The zero-order chi connectivity index (χ0) is 42.9. The van der Waals surface area contributed by atoms with Crippen molar-refractivity contribution in [3.05, 3.63) is 168 Å². The molecule has 0 fully saturated rings. The first-order valence-electron chi connectivity index (χ1n) is 23.1. The van der Waals surface area contributed by atoms with E-state index < -0.39 is 0 Å². The van der Waals surface area contributed by atoms with Crippen LogP contribution in [-0.4, -0.2) is 0 Å². The summed E-state index contributed by atoms with van der Waals surface area (Å²) in [5, 5.41) is 0. The first-order chi connectivity index (χ1) is 28.9. The summed E-state index contributed by atoms with van der Waals surface area (Å²) in [6.07, 6.45) is 9.63. The highest BCUT2D eigenvalue weighted by Gasteiger charge is 2.23. The van der Waals surface area contributed by atoms with E-state index in [1.54, 1.807) is 0 Å². The molecule has 0 aliphatic carbocycles. The van der Waals surface area contributed by atoms with Gasteiger partial charge in [0.15, 0.2) is 0 Å². The summed E-state index contributed by atoms with van der Waals surface area (Å²) in [6, 6.07) is 55.2. The van der Waals surface area contributed by atoms with Gasteiger partial charge < -0.3 is 9.80 Å². The van der Waals surface area contributed by atoms with Crippen molar-refractivity contribution in [2.45, 2.75) is 143 Å². The minimum atomic E-state index is 0.150. The molecule has 0 amide bonds. The predicted octanol–water partition coefficient (Wildman–Crippen LogP) is 18.3. The lowest BCUT2D eigenvalue weighted by Crippen LogP contribution is -2.17. The third-order valence-corrected chi connectivity index (χ3v) is 13.3. The first-order valence-corrected chi connectivity index (χ1v) is 23.1. The Kier molecular flexibility index (Phi) is 14.8. The quantitative estimate of drug-likeness (QED) is 0.0753. The van der Waals surface area contributed by atoms with Crippen LogP contribution < -0.4 is 9.80 Å². The van der Waals surface area contributed by atoms with Crippen molar-refractivity contribution in [2.75, 3.05) is 9.80 Å². The monoisotopic (exact) mass is 797 g/mol. The molecule has 2 nitrogen and oxygen atoms in total. The van der Waals surface area contributed by atoms with E-state index in [0.29, 0.717) is 11.8 Å². The molecule has 0 aliphatic heterocycles. The maximum atomic E-state index is 2.40. The van der Waals surface area contributed by atoms with E-state index >= 15 is 0 Å². The Morgan fingerprint density at radius 1 is 0.367 bits per heavy atom. The van der Waals surface area contributed by atoms with Crippen molar-refractivity contribution >= 4 is 34.1 Å². The number of hydrogen-bond acceptors (Lipinski definition) is 2. The van der Waals surface area contributed by atoms with Crippen molar-refractivity contribution in [3.63, 3.8) is 0 Å². The Hall–Kier alpha value is -5.08. The summed E-state index contributed by atoms with van der Waals surface area (Å²) in [6.45, 7) is 23.2. The highest BCUT2D eigenvalue weighted by atomic mass is 15.1. The molecule has 0 radical (unpaired) electrons. The number of nitrogens with zero attached hydrogens (tertiary/aromatic N) is 2. The van der Waals surface area contributed by atoms with E-state index in [4.69, 9.17) is 0 Å². The van der Waals surface area contributed by atoms with Crippen LogP contribution in [0.1, 0.15) is 155 Å². The number of anilines is 6. The molecule has 0 aromatic heterocycles. The van der Waals surface area contributed by atoms with E-state index in [1.165, 1.54) is 94.7 Å². The maximum absolute atomic E-state index is 2.40. The average molecular weight is 797 g/mol. The van der Waals surface area contributed by atoms with Crippen molar-refractivity contribution < 1.29 is 0 Å². The Morgan fingerprint density at radius 3 is 0.967 bits per heavy atom. The second-order valence-corrected chi connectivity index (χ2v) is 18.6. The van der Waals surface area contributed by atoms with Gasteiger partial charge in [-0.1, -0.05) is 168 Å². The zero-order valence-corrected chi connectivity index (χ0v) is 38.6. The van der Waals surface area contributed by atoms with Gasteiger partial charge in [0.25, 0.3) is 0 Å². The fourth-order valence-electron chi connectivity index (χ4n) is 8.73. The zero-order valence-electron chi connectivity index (χ0n) is 38.6. The summed E-state index contributed by atoms with van der Waals surface area (Å²) in [5.41, 5.74) is 15.3. The second kappa shape index (κ2) is 20.0. The smallest absolute Gasteiger partial charge is 0.0462 e. The lowest BCUT2D eigenvalue weighted by molar-refractivity contribution is 0.450. The Labute approximate surface area is 364 Å². The maximum Gasteiger partial charge on any atom is 0.0462 e. The molecular formula is C58H72N2. The topological polar surface area (TPSA) is 6.48 Å². The van der Waals surface area contributed by atoms with E-state index in [2.05, 4.69) is 225 Å². The van der Waals surface area contributed by atoms with Crippen molar-refractivity contribution in [1.29, 1.82) is 0 Å². The molecule has 0 bridgehead atoms. The van der Waals surface area contributed by atoms with Crippen LogP contribution in [0.5, 0.6) is 0 Å². The van der Waals surface area contributed by atoms with Crippen LogP contribution in [-0.2, 0) is 10.8 Å². The standard InChI is InChI=1S/C58H72N2/c1-11-15-16-42-58(9,10)50-27-39-56(40-28-50)60(52-31-19-46(20-32-52)44(6)14-4)54-35-23-48(24-36-54)47-21-33-53(34-22-47)59(51-29-17-45(18-30-51)43(5)13-3)55-37-25-49(26-38-55)57(7,8)41-12-2/h17-40,43-44H,11-16,41-42H2,1-10H3. The summed E-state index contributed by atoms with van der Waals surface area (Å²) in [7, 11) is 0. The molecule has 0 saturated carbocycles. The van der Waals surface area contributed by atoms with Gasteiger partial charge in [-0.2, -0.15) is 0 Å². The van der Waals surface area contributed by atoms with E-state index in [1.807, 2.05) is 0 Å². The van der Waals surface area contributed by atoms with Crippen LogP contribution in [0.3, 0.4) is 0 Å². The molecule has 2 heteroatoms. The predicted molar refractivity (Wildman–Crippen MR) is 264 cm³/mol. The van der Waals surface area contributed by atoms with E-state index in [0.717, 1.165) is 24.2 Å². The molecule has 0 aliphatic rings. The number of unbranched alkanes of at least 4 members (excludes halogenated alkanes) is 2. The molecule has 0 heterocycles. The van der Waals surface area contributed by atoms with Gasteiger partial charge in [-0.3, -0.25) is 0 Å². The van der Waals surface area contributed by atoms with Crippen molar-refractivity contribution in [1.82, 2.24) is 0 Å². The second-order valence-electron chi connectivity index (χ2n) is 18.6. The lowest BCUT2D eigenvalue weighted by atomic mass is 9.80. The Balaban J connectivity index is 1.31. The molecule has 2 atom stereocenters. The van der Waals surface area contributed by atoms with Gasteiger partial charge in [-0.05, 0) is 155 Å². The van der Waals surface area contributed by atoms with Gasteiger partial charge in [0.2, 0.25) is 0 Å². The van der Waals surface area contributed by atoms with Gasteiger partial charge in [0.1, 0.15) is 0 Å². The highest BCUT2D eigenvalue weighted by molar-refractivity contribution is 5.81. The fourth-order valence-corrected chi connectivity index (χ4v) is 8.73. The van der Waals surface area contributed by atoms with Crippen molar-refractivity contribution in [2.24, 2.45) is 0 Å². The van der Waals surface area contributed by atoms with Crippen LogP contribution in [0.25, 0.3) is 11.1 Å². The molecule has 2 unspecified atom stereocenters. The van der Waals surface area contributed by atoms with Crippen LogP contribution in [0.2, 0.25) is 0 Å². The van der Waals surface area contributed by atoms with Crippen LogP contribution in [0.4, 0.5) is 34.1 Å². The molecule has 0 spiro atoms. The van der Waals surface area contributed by atoms with Crippen LogP contribution >= 0.6 is 0 Å². The molecule has 6 aromatic rings. The third-order valence-electron chi connectivity index (χ3n) is 13.3. The Morgan fingerprint density at radius 2 is 0.667 bits per heavy atom. The normalized spacial score (nSPS) is 12.9. The lowest BCUT2D eigenvalue weighted by Gasteiger charge is -2.29. The van der Waals surface area contributed by atoms with Crippen LogP contribution in [0, 0.1) is 0 Å². The third kappa shape index (κ3) is 10.4. The number of rotatable bonds is 19. The van der Waals surface area contributed by atoms with Gasteiger partial charge in [-0.15, -0.1) is 0 Å². The number of benzene rings is 6. The largest absolute Gasteiger partial charge is 0.311 e. The van der Waals surface area contributed by atoms with Crippen molar-refractivity contribution in [3.8, 4) is 11.1 Å².